The molecule has 0 bridgehead atoms. The molecule has 0 amide bonds. The van der Waals surface area contributed by atoms with Crippen molar-refractivity contribution in [1.82, 2.24) is 0 Å². The number of carbonyl (C=O) groups is 2. The van der Waals surface area contributed by atoms with Crippen LogP contribution in [0.2, 0.25) is 0 Å². The van der Waals surface area contributed by atoms with Crippen LogP contribution in [0, 0.1) is 11.8 Å². The number of aliphatic carboxylic acids is 2. The van der Waals surface area contributed by atoms with Crippen molar-refractivity contribution in [2.75, 3.05) is 0 Å². The van der Waals surface area contributed by atoms with Crippen molar-refractivity contribution >= 4 is 23.4 Å². The molecule has 6 nitrogen and oxygen atoms in total. The Morgan fingerprint density at radius 3 is 1.54 bits per heavy atom. The smallest absolute Gasteiger partial charge is 0.316 e. The number of rotatable bonds is 5. The van der Waals surface area contributed by atoms with E-state index in [-0.39, 0.29) is 0 Å². The van der Waals surface area contributed by atoms with Gasteiger partial charge in [0.25, 0.3) is 0 Å². The standard InChI is InChI=1S/C18H20N2O4/c1-3-11-7-5-9-13(17(21)22)15(11)19-20-16-12(4-2)8-6-10-14(16)18(23)24/h5-10,13-14H,3-4H2,1-2H3,(H,21,22)(H,23,24). The first-order valence-electron chi connectivity index (χ1n) is 7.86. The molecule has 0 aromatic rings. The van der Waals surface area contributed by atoms with Crippen molar-refractivity contribution in [3.05, 3.63) is 47.6 Å². The van der Waals surface area contributed by atoms with Crippen LogP contribution < -0.4 is 0 Å². The lowest BCUT2D eigenvalue weighted by Gasteiger charge is -2.18. The van der Waals surface area contributed by atoms with Gasteiger partial charge in [-0.05, 0) is 24.0 Å². The topological polar surface area (TPSA) is 99.3 Å². The Labute approximate surface area is 140 Å². The highest BCUT2D eigenvalue weighted by Gasteiger charge is 2.28. The number of hydrogen-bond donors (Lipinski definition) is 2. The lowest BCUT2D eigenvalue weighted by molar-refractivity contribution is -0.139. The molecule has 2 aliphatic rings. The van der Waals surface area contributed by atoms with Gasteiger partial charge in [-0.1, -0.05) is 50.3 Å². The first-order valence-corrected chi connectivity index (χ1v) is 7.86. The molecule has 24 heavy (non-hydrogen) atoms. The summed E-state index contributed by atoms with van der Waals surface area (Å²) in [5, 5.41) is 27.1. The van der Waals surface area contributed by atoms with Crippen LogP contribution in [0.1, 0.15) is 26.7 Å². The molecule has 2 N–H and O–H groups in total. The summed E-state index contributed by atoms with van der Waals surface area (Å²) in [5.74, 6) is -3.75. The van der Waals surface area contributed by atoms with Gasteiger partial charge in [-0.15, -0.1) is 0 Å². The van der Waals surface area contributed by atoms with Crippen molar-refractivity contribution in [3.63, 3.8) is 0 Å². The van der Waals surface area contributed by atoms with Crippen molar-refractivity contribution in [3.8, 4) is 0 Å². The second kappa shape index (κ2) is 7.68. The Morgan fingerprint density at radius 2 is 1.25 bits per heavy atom. The van der Waals surface area contributed by atoms with Gasteiger partial charge >= 0.3 is 11.9 Å². The third-order valence-corrected chi connectivity index (χ3v) is 4.01. The predicted molar refractivity (Wildman–Crippen MR) is 92.1 cm³/mol. The summed E-state index contributed by atoms with van der Waals surface area (Å²) in [6.45, 7) is 3.82. The van der Waals surface area contributed by atoms with Gasteiger partial charge < -0.3 is 10.2 Å². The Hall–Kier alpha value is -2.76. The third-order valence-electron chi connectivity index (χ3n) is 4.01. The highest BCUT2D eigenvalue weighted by atomic mass is 16.4. The summed E-state index contributed by atoms with van der Waals surface area (Å²) in [4.78, 5) is 22.9. The van der Waals surface area contributed by atoms with Gasteiger partial charge in [0, 0.05) is 0 Å². The summed E-state index contributed by atoms with van der Waals surface area (Å²) < 4.78 is 0. The van der Waals surface area contributed by atoms with E-state index in [0.29, 0.717) is 24.3 Å². The average molecular weight is 328 g/mol. The maximum Gasteiger partial charge on any atom is 0.316 e. The fourth-order valence-corrected chi connectivity index (χ4v) is 2.68. The fraction of sp³-hybridized carbons (Fsp3) is 0.333. The van der Waals surface area contributed by atoms with Crippen LogP contribution in [0.4, 0.5) is 0 Å². The maximum absolute atomic E-state index is 11.4. The number of allylic oxidation sites excluding steroid dienone is 6. The SMILES string of the molecule is CCC1=CC=CC(C(=O)O)C1=NN=C1C(CC)=CC=CC1C(=O)O. The molecule has 6 heteroatoms. The predicted octanol–water partition coefficient (Wildman–Crippen LogP) is 3.00. The minimum atomic E-state index is -1.01. The van der Waals surface area contributed by atoms with E-state index in [1.807, 2.05) is 26.0 Å². The van der Waals surface area contributed by atoms with Crippen molar-refractivity contribution in [2.45, 2.75) is 26.7 Å². The van der Waals surface area contributed by atoms with E-state index >= 15 is 0 Å². The maximum atomic E-state index is 11.4. The van der Waals surface area contributed by atoms with Gasteiger partial charge in [-0.3, -0.25) is 9.59 Å². The highest BCUT2D eigenvalue weighted by Crippen LogP contribution is 2.22. The molecule has 2 unspecified atom stereocenters. The minimum Gasteiger partial charge on any atom is -0.481 e. The van der Waals surface area contributed by atoms with E-state index in [4.69, 9.17) is 0 Å². The van der Waals surface area contributed by atoms with Gasteiger partial charge in [0.2, 0.25) is 0 Å². The van der Waals surface area contributed by atoms with Gasteiger partial charge in [-0.25, -0.2) is 0 Å². The molecule has 0 aromatic carbocycles. The number of carboxylic acids is 2. The molecule has 2 atom stereocenters. The van der Waals surface area contributed by atoms with E-state index in [2.05, 4.69) is 10.2 Å². The number of carboxylic acid groups (broad SMARTS) is 2. The van der Waals surface area contributed by atoms with Crippen LogP contribution in [0.15, 0.2) is 57.8 Å². The Morgan fingerprint density at radius 1 is 0.875 bits per heavy atom. The fourth-order valence-electron chi connectivity index (χ4n) is 2.68. The van der Waals surface area contributed by atoms with Crippen molar-refractivity contribution < 1.29 is 19.8 Å². The molecule has 2 rings (SSSR count). The lowest BCUT2D eigenvalue weighted by Crippen LogP contribution is -2.27. The Kier molecular flexibility index (Phi) is 5.63. The summed E-state index contributed by atoms with van der Waals surface area (Å²) in [6.07, 6.45) is 11.4. The molecule has 0 heterocycles. The minimum absolute atomic E-state index is 0.356. The number of nitrogens with zero attached hydrogens (tertiary/aromatic N) is 2. The molecule has 0 aromatic heterocycles. The van der Waals surface area contributed by atoms with Crippen molar-refractivity contribution in [2.24, 2.45) is 22.0 Å². The average Bonchev–Trinajstić information content (AvgIpc) is 2.58. The second-order valence-electron chi connectivity index (χ2n) is 5.46. The van der Waals surface area contributed by atoms with Crippen LogP contribution in [0.3, 0.4) is 0 Å². The van der Waals surface area contributed by atoms with Crippen LogP contribution in [-0.4, -0.2) is 33.6 Å². The quantitative estimate of drug-likeness (QED) is 0.758. The molecule has 0 saturated heterocycles. The largest absolute Gasteiger partial charge is 0.481 e. The van der Waals surface area contributed by atoms with E-state index in [1.54, 1.807) is 24.3 Å². The van der Waals surface area contributed by atoms with Crippen molar-refractivity contribution in [1.29, 1.82) is 0 Å². The first kappa shape index (κ1) is 17.6. The van der Waals surface area contributed by atoms with E-state index in [1.165, 1.54) is 0 Å². The molecule has 0 saturated carbocycles. The molecular formula is C18H20N2O4. The third kappa shape index (κ3) is 3.59. The molecule has 0 spiro atoms. The summed E-state index contributed by atoms with van der Waals surface area (Å²) >= 11 is 0. The summed E-state index contributed by atoms with van der Waals surface area (Å²) in [6, 6.07) is 0. The van der Waals surface area contributed by atoms with Crippen LogP contribution in [0.5, 0.6) is 0 Å². The first-order chi connectivity index (χ1) is 11.5. The van der Waals surface area contributed by atoms with Gasteiger partial charge in [0.15, 0.2) is 0 Å². The summed E-state index contributed by atoms with van der Waals surface area (Å²) in [7, 11) is 0. The molecule has 2 aliphatic carbocycles. The zero-order valence-corrected chi connectivity index (χ0v) is 13.6. The van der Waals surface area contributed by atoms with Gasteiger partial charge in [-0.2, -0.15) is 10.2 Å². The zero-order chi connectivity index (χ0) is 17.7. The van der Waals surface area contributed by atoms with Crippen LogP contribution >= 0.6 is 0 Å². The van der Waals surface area contributed by atoms with E-state index < -0.39 is 23.8 Å². The monoisotopic (exact) mass is 328 g/mol. The second-order valence-corrected chi connectivity index (χ2v) is 5.46. The lowest BCUT2D eigenvalue weighted by atomic mass is 9.90. The van der Waals surface area contributed by atoms with Crippen LogP contribution in [-0.2, 0) is 9.59 Å². The van der Waals surface area contributed by atoms with Crippen LogP contribution in [0.25, 0.3) is 0 Å². The van der Waals surface area contributed by atoms with Gasteiger partial charge in [0.05, 0.1) is 11.4 Å². The molecule has 126 valence electrons. The Balaban J connectivity index is 2.48. The zero-order valence-electron chi connectivity index (χ0n) is 13.6. The van der Waals surface area contributed by atoms with E-state index in [0.717, 1.165) is 11.1 Å². The molecule has 0 radical (unpaired) electrons. The summed E-state index contributed by atoms with van der Waals surface area (Å²) in [5.41, 5.74) is 2.28. The van der Waals surface area contributed by atoms with Gasteiger partial charge in [0.1, 0.15) is 11.8 Å². The number of hydrogen-bond acceptors (Lipinski definition) is 4. The molecule has 0 aliphatic heterocycles. The normalized spacial score (nSPS) is 26.4. The van der Waals surface area contributed by atoms with E-state index in [9.17, 15) is 19.8 Å². The Bertz CT molecular complexity index is 661. The molecule has 0 fully saturated rings. The molecular weight excluding hydrogens is 308 g/mol. The highest BCUT2D eigenvalue weighted by molar-refractivity contribution is 6.16.